The van der Waals surface area contributed by atoms with Crippen LogP contribution in [0, 0.1) is 5.92 Å². The lowest BCUT2D eigenvalue weighted by Gasteiger charge is -2.33. The van der Waals surface area contributed by atoms with Crippen LogP contribution in [0.15, 0.2) is 30.3 Å². The van der Waals surface area contributed by atoms with Gasteiger partial charge in [-0.25, -0.2) is 4.79 Å². The number of hydrogen-bond donors (Lipinski definition) is 2. The summed E-state index contributed by atoms with van der Waals surface area (Å²) < 4.78 is 5.07. The van der Waals surface area contributed by atoms with Gasteiger partial charge in [-0.1, -0.05) is 32.0 Å². The van der Waals surface area contributed by atoms with E-state index < -0.39 is 0 Å². The molecule has 1 amide bonds. The van der Waals surface area contributed by atoms with Crippen molar-refractivity contribution >= 4 is 11.8 Å². The predicted octanol–water partition coefficient (Wildman–Crippen LogP) is 3.33. The molecule has 0 bridgehead atoms. The Hall–Kier alpha value is -1.75. The first-order valence-corrected chi connectivity index (χ1v) is 9.06. The fourth-order valence-corrected chi connectivity index (χ4v) is 2.98. The van der Waals surface area contributed by atoms with Crippen LogP contribution in [0.25, 0.3) is 0 Å². The molecule has 1 aromatic rings. The minimum Gasteiger partial charge on any atom is -0.450 e. The predicted molar refractivity (Wildman–Crippen MR) is 98.3 cm³/mol. The fourth-order valence-electron chi connectivity index (χ4n) is 2.98. The van der Waals surface area contributed by atoms with Gasteiger partial charge in [0, 0.05) is 37.4 Å². The Labute approximate surface area is 145 Å². The highest BCUT2D eigenvalue weighted by molar-refractivity contribution is 5.67. The molecule has 1 aliphatic rings. The molecule has 1 heterocycles. The average molecular weight is 333 g/mol. The van der Waals surface area contributed by atoms with Crippen molar-refractivity contribution in [2.45, 2.75) is 45.7 Å². The van der Waals surface area contributed by atoms with Crippen LogP contribution in [0.5, 0.6) is 0 Å². The summed E-state index contributed by atoms with van der Waals surface area (Å²) in [6.45, 7) is 9.24. The lowest BCUT2D eigenvalue weighted by atomic mass is 10.0. The zero-order valence-electron chi connectivity index (χ0n) is 15.1. The molecule has 0 radical (unpaired) electrons. The number of anilines is 1. The summed E-state index contributed by atoms with van der Waals surface area (Å²) in [6.07, 6.45) is 1.78. The van der Waals surface area contributed by atoms with Gasteiger partial charge in [-0.3, -0.25) is 0 Å². The molecule has 5 heteroatoms. The smallest absolute Gasteiger partial charge is 0.409 e. The second-order valence-electron chi connectivity index (χ2n) is 6.73. The molecule has 0 saturated carbocycles. The van der Waals surface area contributed by atoms with Crippen LogP contribution < -0.4 is 10.6 Å². The van der Waals surface area contributed by atoms with Gasteiger partial charge >= 0.3 is 6.09 Å². The number of carbonyl (C=O) groups excluding carboxylic acids is 1. The van der Waals surface area contributed by atoms with E-state index in [1.165, 1.54) is 0 Å². The number of nitrogens with zero attached hydrogens (tertiary/aromatic N) is 1. The first kappa shape index (κ1) is 18.6. The Morgan fingerprint density at radius 1 is 1.25 bits per heavy atom. The number of rotatable bonds is 7. The lowest BCUT2D eigenvalue weighted by Crippen LogP contribution is -2.48. The summed E-state index contributed by atoms with van der Waals surface area (Å²) in [5.74, 6) is 0.539. The summed E-state index contributed by atoms with van der Waals surface area (Å²) in [6, 6.07) is 11.2. The molecule has 0 aromatic heterocycles. The normalized spacial score (nSPS) is 16.9. The molecule has 1 atom stereocenters. The lowest BCUT2D eigenvalue weighted by molar-refractivity contribution is 0.0949. The standard InChI is InChI=1S/C19H31N3O2/c1-4-24-19(23)22-12-10-16(11-13-22)20-14-18(15(2)3)21-17-8-6-5-7-9-17/h5-9,15-16,18,20-21H,4,10-14H2,1-3H3. The van der Waals surface area contributed by atoms with Crippen molar-refractivity contribution in [2.75, 3.05) is 31.6 Å². The van der Waals surface area contributed by atoms with E-state index in [0.29, 0.717) is 24.6 Å². The third-order valence-corrected chi connectivity index (χ3v) is 4.58. The van der Waals surface area contributed by atoms with Crippen LogP contribution in [0.2, 0.25) is 0 Å². The number of amides is 1. The highest BCUT2D eigenvalue weighted by atomic mass is 16.6. The van der Waals surface area contributed by atoms with Crippen molar-refractivity contribution in [3.63, 3.8) is 0 Å². The summed E-state index contributed by atoms with van der Waals surface area (Å²) >= 11 is 0. The molecule has 1 saturated heterocycles. The number of ether oxygens (including phenoxy) is 1. The monoisotopic (exact) mass is 333 g/mol. The fraction of sp³-hybridized carbons (Fsp3) is 0.632. The largest absolute Gasteiger partial charge is 0.450 e. The van der Waals surface area contributed by atoms with Crippen LogP contribution in [0.3, 0.4) is 0 Å². The highest BCUT2D eigenvalue weighted by Gasteiger charge is 2.24. The van der Waals surface area contributed by atoms with E-state index in [1.54, 1.807) is 0 Å². The van der Waals surface area contributed by atoms with Crippen molar-refractivity contribution in [2.24, 2.45) is 5.92 Å². The van der Waals surface area contributed by atoms with Gasteiger partial charge in [0.25, 0.3) is 0 Å². The Bertz CT molecular complexity index is 485. The second kappa shape index (κ2) is 9.52. The van der Waals surface area contributed by atoms with E-state index in [4.69, 9.17) is 4.74 Å². The van der Waals surface area contributed by atoms with Gasteiger partial charge in [0.2, 0.25) is 0 Å². The minimum absolute atomic E-state index is 0.179. The molecular weight excluding hydrogens is 302 g/mol. The van der Waals surface area contributed by atoms with Crippen LogP contribution in [-0.2, 0) is 4.74 Å². The van der Waals surface area contributed by atoms with Crippen molar-refractivity contribution in [1.82, 2.24) is 10.2 Å². The molecule has 1 unspecified atom stereocenters. The summed E-state index contributed by atoms with van der Waals surface area (Å²) in [5, 5.41) is 7.29. The molecule has 1 aromatic carbocycles. The molecule has 5 nitrogen and oxygen atoms in total. The Balaban J connectivity index is 1.76. The van der Waals surface area contributed by atoms with Crippen molar-refractivity contribution in [3.8, 4) is 0 Å². The zero-order valence-corrected chi connectivity index (χ0v) is 15.1. The van der Waals surface area contributed by atoms with Crippen LogP contribution in [0.1, 0.15) is 33.6 Å². The van der Waals surface area contributed by atoms with E-state index in [9.17, 15) is 4.79 Å². The third-order valence-electron chi connectivity index (χ3n) is 4.58. The van der Waals surface area contributed by atoms with E-state index in [1.807, 2.05) is 17.9 Å². The van der Waals surface area contributed by atoms with Gasteiger partial charge in [-0.2, -0.15) is 0 Å². The molecule has 24 heavy (non-hydrogen) atoms. The van der Waals surface area contributed by atoms with Gasteiger partial charge in [0.15, 0.2) is 0 Å². The number of likely N-dealkylation sites (tertiary alicyclic amines) is 1. The molecule has 0 aliphatic carbocycles. The van der Waals surface area contributed by atoms with Crippen LogP contribution in [-0.4, -0.2) is 49.3 Å². The van der Waals surface area contributed by atoms with Gasteiger partial charge in [0.1, 0.15) is 0 Å². The number of hydrogen-bond acceptors (Lipinski definition) is 4. The Kier molecular flexibility index (Phi) is 7.37. The Morgan fingerprint density at radius 2 is 1.92 bits per heavy atom. The van der Waals surface area contributed by atoms with Crippen LogP contribution in [0.4, 0.5) is 10.5 Å². The van der Waals surface area contributed by atoms with E-state index >= 15 is 0 Å². The number of para-hydroxylation sites is 1. The first-order chi connectivity index (χ1) is 11.6. The maximum atomic E-state index is 11.7. The maximum Gasteiger partial charge on any atom is 0.409 e. The molecular formula is C19H31N3O2. The molecule has 134 valence electrons. The van der Waals surface area contributed by atoms with Gasteiger partial charge in [-0.15, -0.1) is 0 Å². The minimum atomic E-state index is -0.179. The van der Waals surface area contributed by atoms with Crippen LogP contribution >= 0.6 is 0 Å². The SMILES string of the molecule is CCOC(=O)N1CCC(NCC(Nc2ccccc2)C(C)C)CC1. The number of benzene rings is 1. The molecule has 1 aliphatic heterocycles. The molecule has 2 N–H and O–H groups in total. The number of carbonyl (C=O) groups is 1. The zero-order chi connectivity index (χ0) is 17.4. The molecule has 2 rings (SSSR count). The van der Waals surface area contributed by atoms with Crippen molar-refractivity contribution < 1.29 is 9.53 Å². The van der Waals surface area contributed by atoms with Crippen molar-refractivity contribution in [3.05, 3.63) is 30.3 Å². The Morgan fingerprint density at radius 3 is 2.50 bits per heavy atom. The number of nitrogens with one attached hydrogen (secondary N) is 2. The van der Waals surface area contributed by atoms with E-state index in [0.717, 1.165) is 38.2 Å². The quantitative estimate of drug-likeness (QED) is 0.803. The summed E-state index contributed by atoms with van der Waals surface area (Å²) in [5.41, 5.74) is 1.16. The van der Waals surface area contributed by atoms with E-state index in [-0.39, 0.29) is 6.09 Å². The average Bonchev–Trinajstić information content (AvgIpc) is 2.60. The highest BCUT2D eigenvalue weighted by Crippen LogP contribution is 2.14. The van der Waals surface area contributed by atoms with E-state index in [2.05, 4.69) is 48.7 Å². The number of piperidine rings is 1. The molecule has 0 spiro atoms. The molecule has 1 fully saturated rings. The van der Waals surface area contributed by atoms with Gasteiger partial charge in [0.05, 0.1) is 6.61 Å². The van der Waals surface area contributed by atoms with Crippen molar-refractivity contribution in [1.29, 1.82) is 0 Å². The summed E-state index contributed by atoms with van der Waals surface area (Å²) in [7, 11) is 0. The van der Waals surface area contributed by atoms with Gasteiger partial charge in [-0.05, 0) is 37.8 Å². The summed E-state index contributed by atoms with van der Waals surface area (Å²) in [4.78, 5) is 13.5. The third kappa shape index (κ3) is 5.71. The van der Waals surface area contributed by atoms with Gasteiger partial charge < -0.3 is 20.3 Å². The maximum absolute atomic E-state index is 11.7. The first-order valence-electron chi connectivity index (χ1n) is 9.06. The second-order valence-corrected chi connectivity index (χ2v) is 6.73. The topological polar surface area (TPSA) is 53.6 Å².